The summed E-state index contributed by atoms with van der Waals surface area (Å²) >= 11 is 5.11. The monoisotopic (exact) mass is 369 g/mol. The zero-order valence-corrected chi connectivity index (χ0v) is 12.2. The fourth-order valence-corrected chi connectivity index (χ4v) is 3.53. The molecule has 0 spiro atoms. The van der Waals surface area contributed by atoms with Gasteiger partial charge in [0.1, 0.15) is 5.67 Å². The number of nitrogens with one attached hydrogen (secondary N) is 1. The maximum absolute atomic E-state index is 14.5. The Hall–Kier alpha value is -0.170. The van der Waals surface area contributed by atoms with Crippen molar-refractivity contribution in [3.05, 3.63) is 23.2 Å². The lowest BCUT2D eigenvalue weighted by Gasteiger charge is -2.32. The minimum atomic E-state index is -1.13. The van der Waals surface area contributed by atoms with Gasteiger partial charge >= 0.3 is 0 Å². The number of rotatable bonds is 3. The second-order valence-electron chi connectivity index (χ2n) is 4.47. The molecule has 2 rings (SSSR count). The summed E-state index contributed by atoms with van der Waals surface area (Å²) in [6, 6.07) is 0. The van der Waals surface area contributed by atoms with Crippen LogP contribution in [0.15, 0.2) is 12.4 Å². The highest BCUT2D eigenvalue weighted by atomic mass is 127. The van der Waals surface area contributed by atoms with Crippen LogP contribution < -0.4 is 0 Å². The third-order valence-corrected chi connectivity index (χ3v) is 5.48. The van der Waals surface area contributed by atoms with E-state index in [2.05, 4.69) is 9.97 Å². The predicted molar refractivity (Wildman–Crippen MR) is 73.6 cm³/mol. The average molecular weight is 370 g/mol. The van der Waals surface area contributed by atoms with Gasteiger partial charge in [0.2, 0.25) is 5.28 Å². The number of alkyl halides is 2. The fourth-order valence-electron chi connectivity index (χ4n) is 2.18. The van der Waals surface area contributed by atoms with Gasteiger partial charge in [0.05, 0.1) is 0 Å². The maximum atomic E-state index is 14.5. The van der Waals surface area contributed by atoms with Crippen molar-refractivity contribution in [2.45, 2.75) is 41.7 Å². The van der Waals surface area contributed by atoms with E-state index in [1.807, 2.05) is 0 Å². The summed E-state index contributed by atoms with van der Waals surface area (Å²) in [6.07, 6.45) is 6.43. The van der Waals surface area contributed by atoms with Gasteiger partial charge in [-0.3, -0.25) is 3.56 Å². The minimum Gasteiger partial charge on any atom is -0.278 e. The lowest BCUT2D eigenvalue weighted by molar-refractivity contribution is 0.111. The van der Waals surface area contributed by atoms with Crippen LogP contribution in [0.2, 0.25) is 5.28 Å². The van der Waals surface area contributed by atoms with E-state index in [0.717, 1.165) is 18.4 Å². The molecule has 1 saturated carbocycles. The van der Waals surface area contributed by atoms with Gasteiger partial charge in [-0.25, -0.2) is 14.4 Å². The molecule has 0 amide bonds. The van der Waals surface area contributed by atoms with Crippen molar-refractivity contribution in [1.82, 2.24) is 9.97 Å². The Labute approximate surface area is 115 Å². The van der Waals surface area contributed by atoms with Crippen LogP contribution in [0.1, 0.15) is 31.2 Å². The van der Waals surface area contributed by atoms with Gasteiger partial charge in [0.25, 0.3) is 0 Å². The van der Waals surface area contributed by atoms with Crippen molar-refractivity contribution in [3.8, 4) is 0 Å². The van der Waals surface area contributed by atoms with Gasteiger partial charge in [0, 0.05) is 22.7 Å². The van der Waals surface area contributed by atoms with Gasteiger partial charge in [-0.1, -0.05) is 0 Å². The van der Waals surface area contributed by atoms with E-state index >= 15 is 0 Å². The Morgan fingerprint density at radius 2 is 2.00 bits per heavy atom. The third-order valence-electron chi connectivity index (χ3n) is 3.16. The van der Waals surface area contributed by atoms with Crippen molar-refractivity contribution >= 4 is 32.6 Å². The number of hydrogen-bond acceptors (Lipinski definition) is 3. The van der Waals surface area contributed by atoms with E-state index in [1.165, 1.54) is 0 Å². The van der Waals surface area contributed by atoms with Crippen LogP contribution in [0, 0.1) is 3.56 Å². The smallest absolute Gasteiger partial charge is 0.222 e. The quantitative estimate of drug-likeness (QED) is 0.496. The summed E-state index contributed by atoms with van der Waals surface area (Å²) in [4.78, 5) is 7.74. The van der Waals surface area contributed by atoms with Crippen LogP contribution in [0.3, 0.4) is 0 Å². The lowest BCUT2D eigenvalue weighted by atomic mass is 9.82. The lowest BCUT2D eigenvalue weighted by Crippen LogP contribution is -2.32. The average Bonchev–Trinajstić information content (AvgIpc) is 2.33. The van der Waals surface area contributed by atoms with Gasteiger partial charge in [-0.15, -0.1) is 0 Å². The highest BCUT2D eigenvalue weighted by Crippen LogP contribution is 2.38. The molecule has 1 aliphatic carbocycles. The molecule has 1 aromatic heterocycles. The number of hydrogen-bond donors (Lipinski definition) is 1. The van der Waals surface area contributed by atoms with E-state index in [4.69, 9.17) is 15.2 Å². The predicted octanol–water partition coefficient (Wildman–Crippen LogP) is 4.06. The molecule has 17 heavy (non-hydrogen) atoms. The Kier molecular flexibility index (Phi) is 4.41. The molecule has 3 nitrogen and oxygen atoms in total. The summed E-state index contributed by atoms with van der Waals surface area (Å²) in [5.41, 5.74) is -0.331. The molecule has 1 aliphatic rings. The largest absolute Gasteiger partial charge is 0.278 e. The topological polar surface area (TPSA) is 49.6 Å². The minimum absolute atomic E-state index is 0.198. The van der Waals surface area contributed by atoms with Gasteiger partial charge < -0.3 is 0 Å². The van der Waals surface area contributed by atoms with Gasteiger partial charge in [-0.2, -0.15) is 0 Å². The maximum Gasteiger partial charge on any atom is 0.222 e. The normalized spacial score (nSPS) is 29.2. The molecular weight excluding hydrogens is 355 g/mol. The van der Waals surface area contributed by atoms with Crippen molar-refractivity contribution in [2.75, 3.05) is 0 Å². The molecule has 6 heteroatoms. The van der Waals surface area contributed by atoms with E-state index in [1.54, 1.807) is 12.4 Å². The Morgan fingerprint density at radius 1 is 1.41 bits per heavy atom. The first-order valence-corrected chi connectivity index (χ1v) is 8.26. The Morgan fingerprint density at radius 3 is 2.53 bits per heavy atom. The second-order valence-corrected chi connectivity index (χ2v) is 7.19. The van der Waals surface area contributed by atoms with Gasteiger partial charge in [-0.05, 0) is 63.9 Å². The number of aromatic nitrogens is 2. The van der Waals surface area contributed by atoms with Crippen LogP contribution >= 0.6 is 32.6 Å². The summed E-state index contributed by atoms with van der Waals surface area (Å²) < 4.78 is 22.4. The molecule has 0 unspecified atom stereocenters. The summed E-state index contributed by atoms with van der Waals surface area (Å²) in [7, 11) is 0. The standard InChI is InChI=1S/C11H14ClFIN3/c12-10-16-6-8(7-17-10)5-11(13)3-1-9(14-15)2-4-11/h6-7,9,15H,1-5H2. The Bertz CT molecular complexity index is 390. The molecule has 1 heterocycles. The summed E-state index contributed by atoms with van der Waals surface area (Å²) in [5.74, 6) is 0. The van der Waals surface area contributed by atoms with Crippen LogP contribution in [-0.2, 0) is 6.42 Å². The van der Waals surface area contributed by atoms with Crippen molar-refractivity contribution in [2.24, 2.45) is 0 Å². The van der Waals surface area contributed by atoms with Crippen molar-refractivity contribution in [3.63, 3.8) is 0 Å². The molecule has 0 aromatic carbocycles. The highest BCUT2D eigenvalue weighted by molar-refractivity contribution is 14.1. The van der Waals surface area contributed by atoms with Crippen LogP contribution in [0.4, 0.5) is 4.39 Å². The zero-order valence-electron chi connectivity index (χ0n) is 9.30. The zero-order chi connectivity index (χ0) is 12.3. The first-order valence-electron chi connectivity index (χ1n) is 5.56. The molecule has 0 radical (unpaired) electrons. The molecule has 0 bridgehead atoms. The first kappa shape index (κ1) is 13.3. The Balaban J connectivity index is 1.98. The number of halogens is 3. The van der Waals surface area contributed by atoms with E-state index < -0.39 is 26.7 Å². The van der Waals surface area contributed by atoms with E-state index in [-0.39, 0.29) is 5.28 Å². The summed E-state index contributed by atoms with van der Waals surface area (Å²) in [5, 5.41) is 0.198. The molecule has 94 valence electrons. The van der Waals surface area contributed by atoms with Crippen molar-refractivity contribution in [1.29, 1.82) is 3.56 Å². The molecule has 0 aliphatic heterocycles. The van der Waals surface area contributed by atoms with Gasteiger partial charge in [0.15, 0.2) is 0 Å². The molecular formula is C11H14ClFIN3. The van der Waals surface area contributed by atoms with Crippen LogP contribution in [-0.4, -0.2) is 19.6 Å². The van der Waals surface area contributed by atoms with E-state index in [0.29, 0.717) is 23.2 Å². The number of nitrogens with zero attached hydrogens (tertiary/aromatic N) is 2. The summed E-state index contributed by atoms with van der Waals surface area (Å²) in [6.45, 7) is 0. The molecule has 0 saturated heterocycles. The molecule has 1 N–H and O–H groups in total. The highest BCUT2D eigenvalue weighted by Gasteiger charge is 2.35. The molecule has 1 fully saturated rings. The second kappa shape index (κ2) is 5.65. The fraction of sp³-hybridized carbons (Fsp3) is 0.636. The van der Waals surface area contributed by atoms with Crippen LogP contribution in [0.25, 0.3) is 0 Å². The SMILES string of the molecule is N=IC1CCC(F)(Cc2cnc(Cl)nc2)CC1. The van der Waals surface area contributed by atoms with Crippen LogP contribution in [0.5, 0.6) is 0 Å². The molecule has 0 atom stereocenters. The first-order chi connectivity index (χ1) is 8.11. The van der Waals surface area contributed by atoms with E-state index in [9.17, 15) is 4.39 Å². The third kappa shape index (κ3) is 3.64. The van der Waals surface area contributed by atoms with Crippen molar-refractivity contribution < 1.29 is 4.39 Å². The molecule has 1 aromatic rings.